The number of ether oxygens (including phenoxy) is 1. The minimum absolute atomic E-state index is 0.0114. The normalized spacial score (nSPS) is 10.5. The predicted molar refractivity (Wildman–Crippen MR) is 82.9 cm³/mol. The van der Waals surface area contributed by atoms with Crippen LogP contribution in [0.4, 0.5) is 0 Å². The average Bonchev–Trinajstić information content (AvgIpc) is 2.49. The fraction of sp³-hybridized carbons (Fsp3) is 0. The number of hydrogen-bond acceptors (Lipinski definition) is 3. The Balaban J connectivity index is 2.09. The number of carbonyl (C=O) groups is 1. The molecule has 0 atom stereocenters. The topological polar surface area (TPSA) is 59.4 Å². The Morgan fingerprint density at radius 1 is 1.14 bits per heavy atom. The molecule has 0 aliphatic heterocycles. The van der Waals surface area contributed by atoms with E-state index in [9.17, 15) is 9.90 Å². The van der Waals surface area contributed by atoms with Crippen LogP contribution in [0.1, 0.15) is 10.4 Å². The summed E-state index contributed by atoms with van der Waals surface area (Å²) in [5.74, 6) is -0.438. The molecule has 1 aromatic heterocycles. The van der Waals surface area contributed by atoms with Crippen molar-refractivity contribution in [2.75, 3.05) is 0 Å². The first-order valence-electron chi connectivity index (χ1n) is 6.19. The maximum Gasteiger partial charge on any atom is 0.341 e. The summed E-state index contributed by atoms with van der Waals surface area (Å²) in [6.07, 6.45) is 1.51. The van der Waals surface area contributed by atoms with Crippen LogP contribution in [0, 0.1) is 0 Å². The van der Waals surface area contributed by atoms with E-state index in [1.165, 1.54) is 12.3 Å². The zero-order valence-corrected chi connectivity index (χ0v) is 12.4. The van der Waals surface area contributed by atoms with Crippen LogP contribution in [0.15, 0.2) is 59.2 Å². The minimum atomic E-state index is -1.08. The third-order valence-corrected chi connectivity index (χ3v) is 3.44. The molecular formula is C16H10BrNO3. The Bertz CT molecular complexity index is 827. The highest BCUT2D eigenvalue weighted by Crippen LogP contribution is 2.31. The molecular weight excluding hydrogens is 334 g/mol. The summed E-state index contributed by atoms with van der Waals surface area (Å²) in [6.45, 7) is 0. The Morgan fingerprint density at radius 2 is 1.90 bits per heavy atom. The van der Waals surface area contributed by atoms with Crippen molar-refractivity contribution < 1.29 is 14.6 Å². The molecule has 0 spiro atoms. The summed E-state index contributed by atoms with van der Waals surface area (Å²) in [4.78, 5) is 15.3. The van der Waals surface area contributed by atoms with Gasteiger partial charge in [0.05, 0.1) is 0 Å². The first-order chi connectivity index (χ1) is 10.1. The molecule has 0 aliphatic carbocycles. The van der Waals surface area contributed by atoms with E-state index in [4.69, 9.17) is 4.74 Å². The van der Waals surface area contributed by atoms with Crippen molar-refractivity contribution in [2.24, 2.45) is 0 Å². The fourth-order valence-corrected chi connectivity index (χ4v) is 2.38. The minimum Gasteiger partial charge on any atom is -0.477 e. The lowest BCUT2D eigenvalue weighted by molar-refractivity contribution is 0.0693. The molecule has 3 aromatic rings. The summed E-state index contributed by atoms with van der Waals surface area (Å²) in [6, 6.07) is 14.8. The van der Waals surface area contributed by atoms with Crippen molar-refractivity contribution in [2.45, 2.75) is 0 Å². The van der Waals surface area contributed by atoms with E-state index in [1.54, 1.807) is 6.07 Å². The summed E-state index contributed by atoms with van der Waals surface area (Å²) in [5.41, 5.74) is 0.0114. The second kappa shape index (κ2) is 5.54. The van der Waals surface area contributed by atoms with Crippen molar-refractivity contribution in [3.05, 3.63) is 64.8 Å². The van der Waals surface area contributed by atoms with Gasteiger partial charge in [-0.1, -0.05) is 36.4 Å². The van der Waals surface area contributed by atoms with E-state index in [0.29, 0.717) is 10.2 Å². The van der Waals surface area contributed by atoms with E-state index in [-0.39, 0.29) is 11.4 Å². The Kier molecular flexibility index (Phi) is 3.58. The number of carboxylic acids is 1. The Morgan fingerprint density at radius 3 is 2.71 bits per heavy atom. The molecule has 0 radical (unpaired) electrons. The van der Waals surface area contributed by atoms with Crippen LogP contribution < -0.4 is 4.74 Å². The summed E-state index contributed by atoms with van der Waals surface area (Å²) >= 11 is 3.21. The monoisotopic (exact) mass is 343 g/mol. The molecule has 2 aromatic carbocycles. The molecule has 0 saturated carbocycles. The molecule has 0 aliphatic rings. The molecule has 21 heavy (non-hydrogen) atoms. The predicted octanol–water partition coefficient (Wildman–Crippen LogP) is 4.49. The van der Waals surface area contributed by atoms with E-state index < -0.39 is 5.97 Å². The molecule has 0 fully saturated rings. The average molecular weight is 344 g/mol. The Labute approximate surface area is 129 Å². The smallest absolute Gasteiger partial charge is 0.341 e. The summed E-state index contributed by atoms with van der Waals surface area (Å²) < 4.78 is 6.31. The number of nitrogens with zero attached hydrogens (tertiary/aromatic N) is 1. The quantitative estimate of drug-likeness (QED) is 0.761. The van der Waals surface area contributed by atoms with E-state index in [0.717, 1.165) is 10.8 Å². The third kappa shape index (κ3) is 2.73. The number of carboxylic acid groups (broad SMARTS) is 1. The van der Waals surface area contributed by atoms with Gasteiger partial charge in [-0.05, 0) is 33.4 Å². The second-order valence-electron chi connectivity index (χ2n) is 4.39. The van der Waals surface area contributed by atoms with Crippen LogP contribution >= 0.6 is 15.9 Å². The van der Waals surface area contributed by atoms with Gasteiger partial charge >= 0.3 is 5.97 Å². The van der Waals surface area contributed by atoms with Crippen molar-refractivity contribution in [1.82, 2.24) is 4.98 Å². The molecule has 3 rings (SSSR count). The molecule has 0 bridgehead atoms. The van der Waals surface area contributed by atoms with Gasteiger partial charge < -0.3 is 9.84 Å². The highest BCUT2D eigenvalue weighted by Gasteiger charge is 2.15. The maximum atomic E-state index is 11.3. The SMILES string of the molecule is O=C(O)c1cc(Br)cnc1Oc1cccc2ccccc12. The van der Waals surface area contributed by atoms with Gasteiger partial charge in [0.1, 0.15) is 11.3 Å². The number of aromatic carboxylic acids is 1. The highest BCUT2D eigenvalue weighted by atomic mass is 79.9. The Hall–Kier alpha value is -2.40. The molecule has 0 unspecified atom stereocenters. The lowest BCUT2D eigenvalue weighted by Gasteiger charge is -2.10. The fourth-order valence-electron chi connectivity index (χ4n) is 2.05. The van der Waals surface area contributed by atoms with Crippen molar-refractivity contribution in [1.29, 1.82) is 0 Å². The van der Waals surface area contributed by atoms with Gasteiger partial charge in [0.15, 0.2) is 0 Å². The zero-order valence-electron chi connectivity index (χ0n) is 10.8. The third-order valence-electron chi connectivity index (χ3n) is 3.00. The van der Waals surface area contributed by atoms with Crippen molar-refractivity contribution in [3.63, 3.8) is 0 Å². The first kappa shape index (κ1) is 13.6. The maximum absolute atomic E-state index is 11.3. The van der Waals surface area contributed by atoms with E-state index in [1.807, 2.05) is 36.4 Å². The molecule has 5 heteroatoms. The lowest BCUT2D eigenvalue weighted by Crippen LogP contribution is -2.02. The molecule has 1 N–H and O–H groups in total. The number of aromatic nitrogens is 1. The molecule has 0 saturated heterocycles. The van der Waals surface area contributed by atoms with Gasteiger partial charge in [0.2, 0.25) is 5.88 Å². The zero-order chi connectivity index (χ0) is 14.8. The lowest BCUT2D eigenvalue weighted by atomic mass is 10.1. The number of hydrogen-bond donors (Lipinski definition) is 1. The summed E-state index contributed by atoms with van der Waals surface area (Å²) in [7, 11) is 0. The molecule has 1 heterocycles. The molecule has 4 nitrogen and oxygen atoms in total. The largest absolute Gasteiger partial charge is 0.477 e. The number of benzene rings is 2. The molecule has 0 amide bonds. The van der Waals surface area contributed by atoms with Crippen molar-refractivity contribution >= 4 is 32.7 Å². The van der Waals surface area contributed by atoms with Crippen LogP contribution in [0.25, 0.3) is 10.8 Å². The number of pyridine rings is 1. The summed E-state index contributed by atoms with van der Waals surface area (Å²) in [5, 5.41) is 11.2. The number of fused-ring (bicyclic) bond motifs is 1. The second-order valence-corrected chi connectivity index (χ2v) is 5.31. The van der Waals surface area contributed by atoms with Gasteiger partial charge in [0.25, 0.3) is 0 Å². The van der Waals surface area contributed by atoms with E-state index in [2.05, 4.69) is 20.9 Å². The standard InChI is InChI=1S/C16H10BrNO3/c17-11-8-13(16(19)20)15(18-9-11)21-14-7-3-5-10-4-1-2-6-12(10)14/h1-9H,(H,19,20). The van der Waals surface area contributed by atoms with Crippen LogP contribution in [0.2, 0.25) is 0 Å². The van der Waals surface area contributed by atoms with Crippen LogP contribution in [-0.4, -0.2) is 16.1 Å². The van der Waals surface area contributed by atoms with Crippen LogP contribution in [0.3, 0.4) is 0 Å². The number of halogens is 1. The van der Waals surface area contributed by atoms with Gasteiger partial charge in [-0.2, -0.15) is 0 Å². The van der Waals surface area contributed by atoms with Crippen molar-refractivity contribution in [3.8, 4) is 11.6 Å². The molecule has 104 valence electrons. The van der Waals surface area contributed by atoms with E-state index >= 15 is 0 Å². The first-order valence-corrected chi connectivity index (χ1v) is 6.99. The van der Waals surface area contributed by atoms with Gasteiger partial charge in [0, 0.05) is 16.1 Å². The van der Waals surface area contributed by atoms with Crippen LogP contribution in [0.5, 0.6) is 11.6 Å². The van der Waals surface area contributed by atoms with Crippen LogP contribution in [-0.2, 0) is 0 Å². The van der Waals surface area contributed by atoms with Gasteiger partial charge in [-0.3, -0.25) is 0 Å². The number of rotatable bonds is 3. The highest BCUT2D eigenvalue weighted by molar-refractivity contribution is 9.10. The van der Waals surface area contributed by atoms with Gasteiger partial charge in [-0.15, -0.1) is 0 Å². The van der Waals surface area contributed by atoms with Gasteiger partial charge in [-0.25, -0.2) is 9.78 Å².